The molecule has 1 saturated heterocycles. The Balaban J connectivity index is 1.51. The number of likely N-dealkylation sites (N-methyl/N-ethyl adjacent to an activating group) is 1. The first-order chi connectivity index (χ1) is 12.5. The molecular formula is C18H20BrFN4O2. The van der Waals surface area contributed by atoms with Crippen LogP contribution in [-0.4, -0.2) is 55.6 Å². The van der Waals surface area contributed by atoms with E-state index in [2.05, 4.69) is 43.1 Å². The van der Waals surface area contributed by atoms with Crippen LogP contribution in [-0.2, 0) is 4.79 Å². The number of hydrogen-bond donors (Lipinski definition) is 1. The average Bonchev–Trinajstić information content (AvgIpc) is 2.62. The molecule has 0 aliphatic carbocycles. The molecule has 1 N–H and O–H groups in total. The van der Waals surface area contributed by atoms with E-state index in [0.29, 0.717) is 10.2 Å². The Kier molecular flexibility index (Phi) is 6.05. The second-order valence-corrected chi connectivity index (χ2v) is 7.02. The highest BCUT2D eigenvalue weighted by atomic mass is 79.9. The number of carbonyl (C=O) groups excluding carboxylic acids is 1. The van der Waals surface area contributed by atoms with Crippen LogP contribution in [0.2, 0.25) is 0 Å². The minimum absolute atomic E-state index is 0.0342. The van der Waals surface area contributed by atoms with Gasteiger partial charge in [0, 0.05) is 30.7 Å². The number of amides is 1. The number of carbonyl (C=O) groups is 1. The van der Waals surface area contributed by atoms with Crippen molar-refractivity contribution in [3.8, 4) is 5.75 Å². The third-order valence-corrected chi connectivity index (χ3v) is 4.60. The number of hydrogen-bond acceptors (Lipinski definition) is 5. The largest absolute Gasteiger partial charge is 0.481 e. The maximum absolute atomic E-state index is 13.7. The van der Waals surface area contributed by atoms with Gasteiger partial charge in [0.1, 0.15) is 5.82 Å². The lowest BCUT2D eigenvalue weighted by Gasteiger charge is -2.33. The lowest BCUT2D eigenvalue weighted by molar-refractivity contribution is -0.118. The van der Waals surface area contributed by atoms with Crippen molar-refractivity contribution in [2.45, 2.75) is 0 Å². The van der Waals surface area contributed by atoms with Gasteiger partial charge in [0.05, 0.1) is 11.9 Å². The molecule has 1 aromatic heterocycles. The van der Waals surface area contributed by atoms with Crippen LogP contribution in [0.1, 0.15) is 0 Å². The van der Waals surface area contributed by atoms with E-state index in [1.807, 2.05) is 6.07 Å². The van der Waals surface area contributed by atoms with Crippen LogP contribution in [0.4, 0.5) is 15.9 Å². The van der Waals surface area contributed by atoms with Crippen LogP contribution in [0.3, 0.4) is 0 Å². The molecule has 1 aliphatic rings. The van der Waals surface area contributed by atoms with Crippen molar-refractivity contribution in [1.82, 2.24) is 9.88 Å². The summed E-state index contributed by atoms with van der Waals surface area (Å²) >= 11 is 3.17. The molecule has 6 nitrogen and oxygen atoms in total. The van der Waals surface area contributed by atoms with Gasteiger partial charge < -0.3 is 19.9 Å². The summed E-state index contributed by atoms with van der Waals surface area (Å²) in [5.41, 5.74) is 0.577. The standard InChI is InChI=1S/C18H20BrFN4O2/c1-23-6-8-24(9-7-23)17-5-3-14(11-21-17)22-18(25)12-26-16-4-2-13(19)10-15(16)20/h2-5,10-11H,6-9,12H2,1H3,(H,22,25). The molecule has 1 aromatic carbocycles. The van der Waals surface area contributed by atoms with Gasteiger partial charge in [-0.1, -0.05) is 15.9 Å². The van der Waals surface area contributed by atoms with Crippen molar-refractivity contribution in [3.05, 3.63) is 46.8 Å². The highest BCUT2D eigenvalue weighted by molar-refractivity contribution is 9.10. The molecule has 0 spiro atoms. The van der Waals surface area contributed by atoms with Crippen molar-refractivity contribution in [3.63, 3.8) is 0 Å². The second-order valence-electron chi connectivity index (χ2n) is 6.11. The quantitative estimate of drug-likeness (QED) is 0.802. The molecule has 0 saturated carbocycles. The van der Waals surface area contributed by atoms with Crippen LogP contribution in [0.5, 0.6) is 5.75 Å². The second kappa shape index (κ2) is 8.46. The van der Waals surface area contributed by atoms with Crippen LogP contribution in [0.15, 0.2) is 41.0 Å². The molecule has 2 heterocycles. The van der Waals surface area contributed by atoms with E-state index >= 15 is 0 Å². The number of ether oxygens (including phenoxy) is 1. The molecule has 8 heteroatoms. The van der Waals surface area contributed by atoms with Crippen LogP contribution >= 0.6 is 15.9 Å². The fourth-order valence-electron chi connectivity index (χ4n) is 2.62. The monoisotopic (exact) mass is 422 g/mol. The molecule has 0 unspecified atom stereocenters. The van der Waals surface area contributed by atoms with E-state index in [9.17, 15) is 9.18 Å². The zero-order valence-corrected chi connectivity index (χ0v) is 16.0. The Morgan fingerprint density at radius 3 is 2.69 bits per heavy atom. The van der Waals surface area contributed by atoms with E-state index < -0.39 is 5.82 Å². The van der Waals surface area contributed by atoms with E-state index in [1.165, 1.54) is 12.1 Å². The number of benzene rings is 1. The van der Waals surface area contributed by atoms with Crippen LogP contribution in [0, 0.1) is 5.82 Å². The molecular weight excluding hydrogens is 403 g/mol. The highest BCUT2D eigenvalue weighted by Gasteiger charge is 2.15. The van der Waals surface area contributed by atoms with Gasteiger partial charge in [-0.25, -0.2) is 9.37 Å². The van der Waals surface area contributed by atoms with Gasteiger partial charge in [-0.3, -0.25) is 4.79 Å². The maximum atomic E-state index is 13.7. The first-order valence-corrected chi connectivity index (χ1v) is 9.08. The number of pyridine rings is 1. The smallest absolute Gasteiger partial charge is 0.262 e. The highest BCUT2D eigenvalue weighted by Crippen LogP contribution is 2.21. The number of rotatable bonds is 5. The van der Waals surface area contributed by atoms with Gasteiger partial charge in [0.25, 0.3) is 5.91 Å². The maximum Gasteiger partial charge on any atom is 0.262 e. The molecule has 138 valence electrons. The Morgan fingerprint density at radius 1 is 1.27 bits per heavy atom. The van der Waals surface area contributed by atoms with Crippen molar-refractivity contribution in [1.29, 1.82) is 0 Å². The number of anilines is 2. The van der Waals surface area contributed by atoms with Crippen LogP contribution in [0.25, 0.3) is 0 Å². The normalized spacial score (nSPS) is 15.0. The lowest BCUT2D eigenvalue weighted by Crippen LogP contribution is -2.44. The van der Waals surface area contributed by atoms with Crippen molar-refractivity contribution in [2.75, 3.05) is 50.1 Å². The SMILES string of the molecule is CN1CCN(c2ccc(NC(=O)COc3ccc(Br)cc3F)cn2)CC1. The predicted molar refractivity (Wildman–Crippen MR) is 102 cm³/mol. The van der Waals surface area contributed by atoms with Gasteiger partial charge in [-0.15, -0.1) is 0 Å². The topological polar surface area (TPSA) is 57.7 Å². The van der Waals surface area contributed by atoms with Crippen LogP contribution < -0.4 is 15.0 Å². The van der Waals surface area contributed by atoms with Crippen molar-refractivity contribution in [2.24, 2.45) is 0 Å². The first kappa shape index (κ1) is 18.6. The lowest BCUT2D eigenvalue weighted by atomic mass is 10.3. The van der Waals surface area contributed by atoms with Gasteiger partial charge in [0.2, 0.25) is 0 Å². The fourth-order valence-corrected chi connectivity index (χ4v) is 2.95. The number of halogens is 2. The number of piperazine rings is 1. The Hall–Kier alpha value is -2.19. The number of aromatic nitrogens is 1. The molecule has 1 amide bonds. The molecule has 1 aliphatic heterocycles. The summed E-state index contributed by atoms with van der Waals surface area (Å²) < 4.78 is 19.5. The van der Waals surface area contributed by atoms with Gasteiger partial charge in [-0.05, 0) is 37.4 Å². The Bertz CT molecular complexity index is 764. The summed E-state index contributed by atoms with van der Waals surface area (Å²) in [6.45, 7) is 3.59. The molecule has 2 aromatic rings. The van der Waals surface area contributed by atoms with E-state index in [-0.39, 0.29) is 18.3 Å². The third kappa shape index (κ3) is 4.92. The number of nitrogens with one attached hydrogen (secondary N) is 1. The first-order valence-electron chi connectivity index (χ1n) is 8.28. The van der Waals surface area contributed by atoms with E-state index in [4.69, 9.17) is 4.74 Å². The molecule has 0 radical (unpaired) electrons. The van der Waals surface area contributed by atoms with Crippen molar-refractivity contribution < 1.29 is 13.9 Å². The van der Waals surface area contributed by atoms with E-state index in [1.54, 1.807) is 18.3 Å². The molecule has 0 bridgehead atoms. The minimum atomic E-state index is -0.523. The zero-order valence-electron chi connectivity index (χ0n) is 14.4. The molecule has 0 atom stereocenters. The zero-order chi connectivity index (χ0) is 18.5. The summed E-state index contributed by atoms with van der Waals surface area (Å²) in [6, 6.07) is 8.10. The summed E-state index contributed by atoms with van der Waals surface area (Å²) in [5.74, 6) is 0.0306. The summed E-state index contributed by atoms with van der Waals surface area (Å²) in [5, 5.41) is 2.70. The summed E-state index contributed by atoms with van der Waals surface area (Å²) in [7, 11) is 2.10. The van der Waals surface area contributed by atoms with Gasteiger partial charge in [-0.2, -0.15) is 0 Å². The number of nitrogens with zero attached hydrogens (tertiary/aromatic N) is 3. The summed E-state index contributed by atoms with van der Waals surface area (Å²) in [4.78, 5) is 20.9. The van der Waals surface area contributed by atoms with Crippen molar-refractivity contribution >= 4 is 33.3 Å². The molecule has 1 fully saturated rings. The van der Waals surface area contributed by atoms with Gasteiger partial charge in [0.15, 0.2) is 18.2 Å². The fraction of sp³-hybridized carbons (Fsp3) is 0.333. The minimum Gasteiger partial charge on any atom is -0.481 e. The Labute approximate surface area is 160 Å². The summed E-state index contributed by atoms with van der Waals surface area (Å²) in [6.07, 6.45) is 1.62. The molecule has 3 rings (SSSR count). The Morgan fingerprint density at radius 2 is 2.04 bits per heavy atom. The van der Waals surface area contributed by atoms with E-state index in [0.717, 1.165) is 32.0 Å². The average molecular weight is 423 g/mol. The predicted octanol–water partition coefficient (Wildman–Crippen LogP) is 2.75. The molecule has 26 heavy (non-hydrogen) atoms. The van der Waals surface area contributed by atoms with Gasteiger partial charge >= 0.3 is 0 Å². The third-order valence-electron chi connectivity index (χ3n) is 4.11.